The molecule has 2 heterocycles. The van der Waals surface area contributed by atoms with Crippen molar-refractivity contribution in [3.05, 3.63) is 18.5 Å². The molecule has 19 heavy (non-hydrogen) atoms. The Bertz CT molecular complexity index is 390. The van der Waals surface area contributed by atoms with Gasteiger partial charge in [-0.1, -0.05) is 13.8 Å². The molecule has 1 N–H and O–H groups in total. The Hall–Kier alpha value is -1.52. The number of hydrogen-bond acceptors (Lipinski definition) is 2. The summed E-state index contributed by atoms with van der Waals surface area (Å²) in [4.78, 5) is 14.0. The van der Waals surface area contributed by atoms with Crippen LogP contribution in [0.25, 0.3) is 0 Å². The maximum atomic E-state index is 12.0. The molecule has 1 aromatic heterocycles. The van der Waals surface area contributed by atoms with Crippen molar-refractivity contribution < 1.29 is 4.79 Å². The molecule has 5 nitrogen and oxygen atoms in total. The van der Waals surface area contributed by atoms with E-state index in [0.29, 0.717) is 18.4 Å². The van der Waals surface area contributed by atoms with Gasteiger partial charge in [-0.2, -0.15) is 5.10 Å². The Kier molecular flexibility index (Phi) is 4.82. The van der Waals surface area contributed by atoms with Gasteiger partial charge in [-0.3, -0.25) is 4.68 Å². The van der Waals surface area contributed by atoms with Crippen LogP contribution < -0.4 is 5.32 Å². The van der Waals surface area contributed by atoms with E-state index in [4.69, 9.17) is 0 Å². The van der Waals surface area contributed by atoms with E-state index in [9.17, 15) is 4.79 Å². The highest BCUT2D eigenvalue weighted by molar-refractivity contribution is 5.74. The average Bonchev–Trinajstić information content (AvgIpc) is 2.88. The molecule has 1 fully saturated rings. The summed E-state index contributed by atoms with van der Waals surface area (Å²) in [5, 5.41) is 7.21. The fourth-order valence-electron chi connectivity index (χ4n) is 2.54. The summed E-state index contributed by atoms with van der Waals surface area (Å²) < 4.78 is 1.90. The molecule has 1 aliphatic rings. The topological polar surface area (TPSA) is 50.2 Å². The highest BCUT2D eigenvalue weighted by atomic mass is 16.2. The first-order valence-electron chi connectivity index (χ1n) is 7.15. The molecule has 106 valence electrons. The summed E-state index contributed by atoms with van der Waals surface area (Å²) >= 11 is 0. The number of carbonyl (C=O) groups is 1. The Morgan fingerprint density at radius 1 is 1.58 bits per heavy atom. The van der Waals surface area contributed by atoms with Crippen LogP contribution in [0.3, 0.4) is 0 Å². The number of hydrogen-bond donors (Lipinski definition) is 1. The first-order chi connectivity index (χ1) is 9.15. The minimum Gasteiger partial charge on any atom is -0.338 e. The number of carbonyl (C=O) groups excluding carboxylic acids is 1. The quantitative estimate of drug-likeness (QED) is 0.903. The van der Waals surface area contributed by atoms with Crippen LogP contribution in [-0.2, 0) is 6.54 Å². The number of piperidine rings is 1. The molecule has 0 radical (unpaired) electrons. The van der Waals surface area contributed by atoms with E-state index in [0.717, 1.165) is 26.1 Å². The lowest BCUT2D eigenvalue weighted by atomic mass is 10.0. The molecular formula is C14H24N4O. The Morgan fingerprint density at radius 2 is 2.42 bits per heavy atom. The van der Waals surface area contributed by atoms with Crippen molar-refractivity contribution >= 4 is 6.03 Å². The van der Waals surface area contributed by atoms with E-state index in [1.807, 2.05) is 21.8 Å². The molecule has 2 atom stereocenters. The third-order valence-electron chi connectivity index (χ3n) is 3.60. The van der Waals surface area contributed by atoms with Crippen LogP contribution in [0.1, 0.15) is 26.7 Å². The molecule has 1 aliphatic heterocycles. The van der Waals surface area contributed by atoms with Crippen LogP contribution in [0.15, 0.2) is 18.5 Å². The highest BCUT2D eigenvalue weighted by Gasteiger charge is 2.20. The lowest BCUT2D eigenvalue weighted by Crippen LogP contribution is -2.46. The van der Waals surface area contributed by atoms with Gasteiger partial charge in [-0.25, -0.2) is 4.79 Å². The van der Waals surface area contributed by atoms with E-state index in [-0.39, 0.29) is 6.03 Å². The maximum Gasteiger partial charge on any atom is 0.317 e. The maximum absolute atomic E-state index is 12.0. The number of aromatic nitrogens is 2. The van der Waals surface area contributed by atoms with Gasteiger partial charge in [0.25, 0.3) is 0 Å². The number of nitrogens with one attached hydrogen (secondary N) is 1. The van der Waals surface area contributed by atoms with Crippen molar-refractivity contribution in [1.82, 2.24) is 20.0 Å². The van der Waals surface area contributed by atoms with Crippen LogP contribution in [0.2, 0.25) is 0 Å². The predicted octanol–water partition coefficient (Wildman–Crippen LogP) is 1.96. The normalized spacial score (nSPS) is 21.2. The van der Waals surface area contributed by atoms with Gasteiger partial charge in [0.1, 0.15) is 0 Å². The summed E-state index contributed by atoms with van der Waals surface area (Å²) in [6.45, 7) is 7.65. The minimum absolute atomic E-state index is 0.0823. The molecule has 2 amide bonds. The third-order valence-corrected chi connectivity index (χ3v) is 3.60. The lowest BCUT2D eigenvalue weighted by Gasteiger charge is -2.31. The second-order valence-electron chi connectivity index (χ2n) is 5.71. The summed E-state index contributed by atoms with van der Waals surface area (Å²) in [7, 11) is 0. The fourth-order valence-corrected chi connectivity index (χ4v) is 2.54. The number of nitrogens with zero attached hydrogens (tertiary/aromatic N) is 3. The van der Waals surface area contributed by atoms with Crippen LogP contribution in [0.4, 0.5) is 4.79 Å². The molecule has 2 unspecified atom stereocenters. The SMILES string of the molecule is CC1CCCN(C(=O)NCC(C)Cn2cccn2)C1. The first-order valence-corrected chi connectivity index (χ1v) is 7.15. The van der Waals surface area contributed by atoms with Crippen molar-refractivity contribution in [3.8, 4) is 0 Å². The Morgan fingerprint density at radius 3 is 3.11 bits per heavy atom. The molecule has 5 heteroatoms. The standard InChI is InChI=1S/C14H24N4O/c1-12-5-3-7-17(10-12)14(19)15-9-13(2)11-18-8-4-6-16-18/h4,6,8,12-13H,3,5,7,9-11H2,1-2H3,(H,15,19). The summed E-state index contributed by atoms with van der Waals surface area (Å²) in [6.07, 6.45) is 6.09. The van der Waals surface area contributed by atoms with Crippen LogP contribution in [0.5, 0.6) is 0 Å². The van der Waals surface area contributed by atoms with E-state index in [1.165, 1.54) is 6.42 Å². The summed E-state index contributed by atoms with van der Waals surface area (Å²) in [5.74, 6) is 1.01. The average molecular weight is 264 g/mol. The van der Waals surface area contributed by atoms with E-state index in [1.54, 1.807) is 6.20 Å². The largest absolute Gasteiger partial charge is 0.338 e. The van der Waals surface area contributed by atoms with Crippen molar-refractivity contribution in [1.29, 1.82) is 0 Å². The van der Waals surface area contributed by atoms with E-state index < -0.39 is 0 Å². The second kappa shape index (κ2) is 6.59. The fraction of sp³-hybridized carbons (Fsp3) is 0.714. The number of rotatable bonds is 4. The van der Waals surface area contributed by atoms with Crippen molar-refractivity contribution in [2.24, 2.45) is 11.8 Å². The molecule has 0 bridgehead atoms. The Balaban J connectivity index is 1.70. The molecule has 0 aromatic carbocycles. The van der Waals surface area contributed by atoms with Gasteiger partial charge < -0.3 is 10.2 Å². The molecule has 1 aromatic rings. The molecule has 0 saturated carbocycles. The van der Waals surface area contributed by atoms with Crippen molar-refractivity contribution in [2.75, 3.05) is 19.6 Å². The molecule has 2 rings (SSSR count). The minimum atomic E-state index is 0.0823. The van der Waals surface area contributed by atoms with Gasteiger partial charge in [0.15, 0.2) is 0 Å². The second-order valence-corrected chi connectivity index (χ2v) is 5.71. The highest BCUT2D eigenvalue weighted by Crippen LogP contribution is 2.15. The zero-order chi connectivity index (χ0) is 13.7. The number of amides is 2. The van der Waals surface area contributed by atoms with Gasteiger partial charge in [0.05, 0.1) is 0 Å². The van der Waals surface area contributed by atoms with Crippen LogP contribution in [-0.4, -0.2) is 40.3 Å². The summed E-state index contributed by atoms with van der Waals surface area (Å²) in [6, 6.07) is 2.00. The molecule has 1 saturated heterocycles. The first kappa shape index (κ1) is 13.9. The van der Waals surface area contributed by atoms with Gasteiger partial charge >= 0.3 is 6.03 Å². The van der Waals surface area contributed by atoms with Gasteiger partial charge in [0, 0.05) is 38.6 Å². The molecular weight excluding hydrogens is 240 g/mol. The lowest BCUT2D eigenvalue weighted by molar-refractivity contribution is 0.168. The molecule has 0 aliphatic carbocycles. The predicted molar refractivity (Wildman–Crippen MR) is 74.8 cm³/mol. The van der Waals surface area contributed by atoms with Gasteiger partial charge in [-0.05, 0) is 30.7 Å². The van der Waals surface area contributed by atoms with Gasteiger partial charge in [-0.15, -0.1) is 0 Å². The van der Waals surface area contributed by atoms with Crippen LogP contribution in [0, 0.1) is 11.8 Å². The van der Waals surface area contributed by atoms with Gasteiger partial charge in [0.2, 0.25) is 0 Å². The number of likely N-dealkylation sites (tertiary alicyclic amines) is 1. The summed E-state index contributed by atoms with van der Waals surface area (Å²) in [5.41, 5.74) is 0. The monoisotopic (exact) mass is 264 g/mol. The number of urea groups is 1. The Labute approximate surface area is 115 Å². The smallest absolute Gasteiger partial charge is 0.317 e. The zero-order valence-electron chi connectivity index (χ0n) is 11.9. The van der Waals surface area contributed by atoms with E-state index in [2.05, 4.69) is 24.3 Å². The third kappa shape index (κ3) is 4.26. The van der Waals surface area contributed by atoms with Crippen molar-refractivity contribution in [2.45, 2.75) is 33.2 Å². The molecule has 0 spiro atoms. The van der Waals surface area contributed by atoms with E-state index >= 15 is 0 Å². The van der Waals surface area contributed by atoms with Crippen molar-refractivity contribution in [3.63, 3.8) is 0 Å². The zero-order valence-corrected chi connectivity index (χ0v) is 11.9. The van der Waals surface area contributed by atoms with Crippen LogP contribution >= 0.6 is 0 Å².